The van der Waals surface area contributed by atoms with Crippen molar-refractivity contribution in [2.24, 2.45) is 0 Å². The van der Waals surface area contributed by atoms with Crippen LogP contribution < -0.4 is 5.56 Å². The third kappa shape index (κ3) is 3.84. The predicted molar refractivity (Wildman–Crippen MR) is 110 cm³/mol. The Morgan fingerprint density at radius 2 is 1.79 bits per heavy atom. The Morgan fingerprint density at radius 1 is 1.07 bits per heavy atom. The van der Waals surface area contributed by atoms with Gasteiger partial charge < -0.3 is 9.88 Å². The van der Waals surface area contributed by atoms with Gasteiger partial charge in [-0.25, -0.2) is 4.98 Å². The van der Waals surface area contributed by atoms with Crippen LogP contribution in [0.2, 0.25) is 0 Å². The van der Waals surface area contributed by atoms with Crippen LogP contribution in [0.1, 0.15) is 59.8 Å². The second-order valence-electron chi connectivity index (χ2n) is 7.65. The molecule has 1 aliphatic carbocycles. The Bertz CT molecular complexity index is 1030. The van der Waals surface area contributed by atoms with Gasteiger partial charge in [-0.1, -0.05) is 43.5 Å². The van der Waals surface area contributed by atoms with E-state index in [0.717, 1.165) is 0 Å². The summed E-state index contributed by atoms with van der Waals surface area (Å²) in [5, 5.41) is 0.554. The largest absolute Gasteiger partial charge is 0.334 e. The van der Waals surface area contributed by atoms with E-state index in [1.807, 2.05) is 24.3 Å². The second kappa shape index (κ2) is 7.97. The average molecular weight is 375 g/mol. The fourth-order valence-electron chi connectivity index (χ4n) is 4.06. The first kappa shape index (κ1) is 18.4. The first-order chi connectivity index (χ1) is 13.6. The van der Waals surface area contributed by atoms with Crippen molar-refractivity contribution in [3.05, 3.63) is 75.8 Å². The van der Waals surface area contributed by atoms with Crippen molar-refractivity contribution < 1.29 is 4.79 Å². The lowest BCUT2D eigenvalue weighted by molar-refractivity contribution is 0.0781. The molecule has 1 saturated carbocycles. The van der Waals surface area contributed by atoms with Gasteiger partial charge >= 0.3 is 0 Å². The highest BCUT2D eigenvalue weighted by atomic mass is 16.2. The van der Waals surface area contributed by atoms with Gasteiger partial charge in [0.15, 0.2) is 0 Å². The second-order valence-corrected chi connectivity index (χ2v) is 7.65. The molecule has 1 aliphatic rings. The fourth-order valence-corrected chi connectivity index (χ4v) is 4.06. The first-order valence-corrected chi connectivity index (χ1v) is 9.95. The third-order valence-electron chi connectivity index (χ3n) is 5.63. The molecule has 2 aromatic carbocycles. The number of H-pyrrole nitrogens is 1. The van der Waals surface area contributed by atoms with Crippen molar-refractivity contribution in [1.29, 1.82) is 0 Å². The van der Waals surface area contributed by atoms with E-state index in [4.69, 9.17) is 0 Å². The minimum atomic E-state index is -0.182. The summed E-state index contributed by atoms with van der Waals surface area (Å²) in [6.45, 7) is 0.253. The van der Waals surface area contributed by atoms with Gasteiger partial charge in [0.1, 0.15) is 5.82 Å². The summed E-state index contributed by atoms with van der Waals surface area (Å²) < 4.78 is 0. The molecule has 5 heteroatoms. The number of hydrogen-bond donors (Lipinski definition) is 1. The summed E-state index contributed by atoms with van der Waals surface area (Å²) in [5.41, 5.74) is 2.45. The van der Waals surface area contributed by atoms with Crippen LogP contribution in [-0.4, -0.2) is 27.8 Å². The Labute approximate surface area is 164 Å². The maximum atomic E-state index is 12.8. The van der Waals surface area contributed by atoms with Crippen molar-refractivity contribution in [2.45, 2.75) is 44.6 Å². The normalized spacial score (nSPS) is 14.9. The van der Waals surface area contributed by atoms with Gasteiger partial charge in [0, 0.05) is 12.6 Å². The number of amides is 1. The summed E-state index contributed by atoms with van der Waals surface area (Å²) in [6, 6.07) is 15.2. The highest BCUT2D eigenvalue weighted by Crippen LogP contribution is 2.32. The summed E-state index contributed by atoms with van der Waals surface area (Å²) in [7, 11) is 1.73. The minimum absolute atomic E-state index is 0.0778. The maximum Gasteiger partial charge on any atom is 0.258 e. The van der Waals surface area contributed by atoms with E-state index >= 15 is 0 Å². The Hall–Kier alpha value is -2.95. The standard InChI is InChI=1S/C23H25N3O2/c1-26(15-21-24-20-10-6-5-9-19(20)22(27)25-21)23(28)18-13-11-17(12-14-18)16-7-3-2-4-8-16/h5-6,9-14,16H,2-4,7-8,15H2,1H3,(H,24,25,27). The highest BCUT2D eigenvalue weighted by Gasteiger charge is 2.17. The molecule has 0 atom stereocenters. The number of carbonyl (C=O) groups is 1. The van der Waals surface area contributed by atoms with Gasteiger partial charge in [-0.2, -0.15) is 0 Å². The molecule has 0 saturated heterocycles. The van der Waals surface area contributed by atoms with Gasteiger partial charge in [-0.05, 0) is 48.6 Å². The number of aromatic amines is 1. The van der Waals surface area contributed by atoms with Gasteiger partial charge in [0.2, 0.25) is 0 Å². The summed E-state index contributed by atoms with van der Waals surface area (Å²) in [5.74, 6) is 1.03. The number of hydrogen-bond acceptors (Lipinski definition) is 3. The van der Waals surface area contributed by atoms with E-state index in [0.29, 0.717) is 28.2 Å². The molecule has 3 aromatic rings. The summed E-state index contributed by atoms with van der Waals surface area (Å²) in [4.78, 5) is 33.8. The van der Waals surface area contributed by atoms with E-state index < -0.39 is 0 Å². The molecule has 28 heavy (non-hydrogen) atoms. The lowest BCUT2D eigenvalue weighted by Crippen LogP contribution is -2.28. The van der Waals surface area contributed by atoms with Crippen LogP contribution in [-0.2, 0) is 6.54 Å². The molecule has 1 fully saturated rings. The fraction of sp³-hybridized carbons (Fsp3) is 0.348. The van der Waals surface area contributed by atoms with Gasteiger partial charge in [-0.15, -0.1) is 0 Å². The molecule has 1 aromatic heterocycles. The third-order valence-corrected chi connectivity index (χ3v) is 5.63. The van der Waals surface area contributed by atoms with Gasteiger partial charge in [0.25, 0.3) is 11.5 Å². The van der Waals surface area contributed by atoms with Crippen LogP contribution in [0.3, 0.4) is 0 Å². The Kier molecular flexibility index (Phi) is 5.24. The molecule has 0 bridgehead atoms. The molecular weight excluding hydrogens is 350 g/mol. The molecule has 4 rings (SSSR count). The van der Waals surface area contributed by atoms with Gasteiger partial charge in [0.05, 0.1) is 17.4 Å². The number of rotatable bonds is 4. The zero-order valence-electron chi connectivity index (χ0n) is 16.1. The molecule has 0 radical (unpaired) electrons. The topological polar surface area (TPSA) is 66.1 Å². The quantitative estimate of drug-likeness (QED) is 0.742. The molecular formula is C23H25N3O2. The molecule has 1 N–H and O–H groups in total. The number of para-hydroxylation sites is 1. The molecule has 1 amide bonds. The number of nitrogens with one attached hydrogen (secondary N) is 1. The molecule has 0 aliphatic heterocycles. The number of carbonyl (C=O) groups excluding carboxylic acids is 1. The smallest absolute Gasteiger partial charge is 0.258 e. The van der Waals surface area contributed by atoms with E-state index in [9.17, 15) is 9.59 Å². The average Bonchev–Trinajstić information content (AvgIpc) is 2.74. The van der Waals surface area contributed by atoms with E-state index in [1.54, 1.807) is 24.1 Å². The SMILES string of the molecule is CN(Cc1nc2ccccc2c(=O)[nH]1)C(=O)c1ccc(C2CCCCC2)cc1. The van der Waals surface area contributed by atoms with Crippen molar-refractivity contribution in [3.8, 4) is 0 Å². The van der Waals surface area contributed by atoms with E-state index in [-0.39, 0.29) is 18.0 Å². The summed E-state index contributed by atoms with van der Waals surface area (Å²) in [6.07, 6.45) is 6.42. The lowest BCUT2D eigenvalue weighted by Gasteiger charge is -2.22. The van der Waals surface area contributed by atoms with Crippen molar-refractivity contribution >= 4 is 16.8 Å². The van der Waals surface area contributed by atoms with Crippen molar-refractivity contribution in [3.63, 3.8) is 0 Å². The number of fused-ring (bicyclic) bond motifs is 1. The highest BCUT2D eigenvalue weighted by molar-refractivity contribution is 5.94. The zero-order valence-corrected chi connectivity index (χ0v) is 16.1. The maximum absolute atomic E-state index is 12.8. The van der Waals surface area contributed by atoms with E-state index in [2.05, 4.69) is 22.1 Å². The molecule has 5 nitrogen and oxygen atoms in total. The predicted octanol–water partition coefficient (Wildman–Crippen LogP) is 4.24. The van der Waals surface area contributed by atoms with Crippen molar-refractivity contribution in [2.75, 3.05) is 7.05 Å². The number of benzene rings is 2. The lowest BCUT2D eigenvalue weighted by atomic mass is 9.84. The van der Waals surface area contributed by atoms with Crippen LogP contribution in [0, 0.1) is 0 Å². The Balaban J connectivity index is 1.48. The summed E-state index contributed by atoms with van der Waals surface area (Å²) >= 11 is 0. The molecule has 0 unspecified atom stereocenters. The molecule has 144 valence electrons. The molecule has 1 heterocycles. The van der Waals surface area contributed by atoms with Crippen LogP contribution in [0.25, 0.3) is 10.9 Å². The van der Waals surface area contributed by atoms with Crippen LogP contribution >= 0.6 is 0 Å². The number of aromatic nitrogens is 2. The minimum Gasteiger partial charge on any atom is -0.334 e. The van der Waals surface area contributed by atoms with Crippen molar-refractivity contribution in [1.82, 2.24) is 14.9 Å². The monoisotopic (exact) mass is 375 g/mol. The zero-order chi connectivity index (χ0) is 19.5. The first-order valence-electron chi connectivity index (χ1n) is 9.95. The van der Waals surface area contributed by atoms with Crippen LogP contribution in [0.5, 0.6) is 0 Å². The van der Waals surface area contributed by atoms with E-state index in [1.165, 1.54) is 37.7 Å². The van der Waals surface area contributed by atoms with Gasteiger partial charge in [-0.3, -0.25) is 9.59 Å². The number of nitrogens with zero attached hydrogens (tertiary/aromatic N) is 2. The van der Waals surface area contributed by atoms with Crippen LogP contribution in [0.15, 0.2) is 53.3 Å². The van der Waals surface area contributed by atoms with Crippen LogP contribution in [0.4, 0.5) is 0 Å². The molecule has 0 spiro atoms. The Morgan fingerprint density at radius 3 is 2.54 bits per heavy atom.